The van der Waals surface area contributed by atoms with Crippen molar-refractivity contribution in [1.29, 1.82) is 0 Å². The Morgan fingerprint density at radius 2 is 1.48 bits per heavy atom. The summed E-state index contributed by atoms with van der Waals surface area (Å²) in [6.07, 6.45) is 5.04. The van der Waals surface area contributed by atoms with Gasteiger partial charge in [0.1, 0.15) is 0 Å². The molecule has 12 nitrogen and oxygen atoms in total. The lowest BCUT2D eigenvalue weighted by Crippen LogP contribution is -2.38. The molecule has 1 saturated heterocycles. The van der Waals surface area contributed by atoms with Gasteiger partial charge in [0.15, 0.2) is 23.0 Å². The Kier molecular flexibility index (Phi) is 14.0. The molecule has 2 aromatic carbocycles. The summed E-state index contributed by atoms with van der Waals surface area (Å²) in [6.45, 7) is 9.39. The number of methoxy groups -OCH3 is 2. The summed E-state index contributed by atoms with van der Waals surface area (Å²) in [5, 5.41) is 21.4. The van der Waals surface area contributed by atoms with E-state index in [0.29, 0.717) is 62.1 Å². The zero-order valence-corrected chi connectivity index (χ0v) is 26.9. The zero-order chi connectivity index (χ0) is 33.6. The summed E-state index contributed by atoms with van der Waals surface area (Å²) >= 11 is 0. The van der Waals surface area contributed by atoms with Crippen molar-refractivity contribution in [2.45, 2.75) is 51.0 Å². The average Bonchev–Trinajstić information content (AvgIpc) is 3.43. The number of nitrogens with two attached hydrogens (primary N) is 2. The normalized spacial score (nSPS) is 14.2. The van der Waals surface area contributed by atoms with Crippen LogP contribution in [0.3, 0.4) is 0 Å². The van der Waals surface area contributed by atoms with E-state index in [-0.39, 0.29) is 53.6 Å². The van der Waals surface area contributed by atoms with E-state index in [0.717, 1.165) is 43.3 Å². The molecule has 1 atom stereocenters. The number of hydrogen-bond acceptors (Lipinski definition) is 10. The van der Waals surface area contributed by atoms with E-state index < -0.39 is 0 Å². The molecule has 0 spiro atoms. The molecule has 0 aromatic heterocycles. The van der Waals surface area contributed by atoms with Gasteiger partial charge in [-0.15, -0.1) is 0 Å². The van der Waals surface area contributed by atoms with Crippen molar-refractivity contribution in [3.05, 3.63) is 59.7 Å². The summed E-state index contributed by atoms with van der Waals surface area (Å²) in [4.78, 5) is 27.5. The molecule has 2 aromatic rings. The van der Waals surface area contributed by atoms with Crippen LogP contribution in [0.15, 0.2) is 48.6 Å². The number of rotatable bonds is 19. The van der Waals surface area contributed by atoms with E-state index in [1.807, 2.05) is 0 Å². The van der Waals surface area contributed by atoms with E-state index in [2.05, 4.69) is 18.5 Å². The minimum absolute atomic E-state index is 0.135. The number of hydrogen-bond donors (Lipinski definition) is 5. The number of likely N-dealkylation sites (tertiary alicyclic amines) is 1. The van der Waals surface area contributed by atoms with Crippen molar-refractivity contribution in [3.8, 4) is 23.0 Å². The molecule has 1 aliphatic heterocycles. The van der Waals surface area contributed by atoms with Crippen LogP contribution >= 0.6 is 0 Å². The van der Waals surface area contributed by atoms with Crippen molar-refractivity contribution in [3.63, 3.8) is 0 Å². The second-order valence-electron chi connectivity index (χ2n) is 11.3. The van der Waals surface area contributed by atoms with Gasteiger partial charge in [-0.05, 0) is 57.1 Å². The third-order valence-corrected chi connectivity index (χ3v) is 7.72. The van der Waals surface area contributed by atoms with Crippen LogP contribution in [0.2, 0.25) is 0 Å². The molecule has 0 unspecified atom stereocenters. The number of anilines is 2. The smallest absolute Gasteiger partial charge is 0.256 e. The molecule has 0 aliphatic carbocycles. The van der Waals surface area contributed by atoms with E-state index in [4.69, 9.17) is 35.5 Å². The number of nitrogens with zero attached hydrogens (tertiary/aromatic N) is 1. The Morgan fingerprint density at radius 1 is 0.891 bits per heavy atom. The minimum Gasteiger partial charge on any atom is -0.493 e. The van der Waals surface area contributed by atoms with Crippen LogP contribution in [-0.4, -0.2) is 86.7 Å². The lowest BCUT2D eigenvalue weighted by molar-refractivity contribution is 0.0679. The average molecular weight is 641 g/mol. The van der Waals surface area contributed by atoms with Crippen molar-refractivity contribution in [2.24, 2.45) is 0 Å². The number of nitrogens with one attached hydrogen (secondary N) is 1. The molecular weight excluding hydrogens is 592 g/mol. The van der Waals surface area contributed by atoms with Crippen LogP contribution in [0.5, 0.6) is 23.0 Å². The number of amides is 2. The molecule has 0 radical (unpaired) electrons. The summed E-state index contributed by atoms with van der Waals surface area (Å²) < 4.78 is 22.7. The maximum absolute atomic E-state index is 13.2. The fraction of sp³-hybridized carbons (Fsp3) is 0.471. The Labute approximate surface area is 270 Å². The Bertz CT molecular complexity index is 1380. The number of aliphatic hydroxyl groups is 2. The molecule has 1 heterocycles. The first-order valence-corrected chi connectivity index (χ1v) is 15.5. The number of benzene rings is 2. The summed E-state index contributed by atoms with van der Waals surface area (Å²) in [5.41, 5.74) is 15.3. The van der Waals surface area contributed by atoms with E-state index in [9.17, 15) is 14.7 Å². The largest absolute Gasteiger partial charge is 0.493 e. The van der Waals surface area contributed by atoms with Gasteiger partial charge in [0.2, 0.25) is 0 Å². The first kappa shape index (κ1) is 36.1. The van der Waals surface area contributed by atoms with Crippen LogP contribution < -0.4 is 35.7 Å². The van der Waals surface area contributed by atoms with Crippen molar-refractivity contribution >= 4 is 23.2 Å². The maximum Gasteiger partial charge on any atom is 0.256 e. The van der Waals surface area contributed by atoms with Gasteiger partial charge < -0.3 is 50.8 Å². The highest BCUT2D eigenvalue weighted by Crippen LogP contribution is 2.35. The molecule has 252 valence electrons. The van der Waals surface area contributed by atoms with E-state index in [1.54, 1.807) is 29.2 Å². The van der Waals surface area contributed by atoms with Crippen LogP contribution in [0.4, 0.5) is 11.4 Å². The van der Waals surface area contributed by atoms with Gasteiger partial charge in [0.05, 0.1) is 51.2 Å². The fourth-order valence-corrected chi connectivity index (χ4v) is 5.13. The highest BCUT2D eigenvalue weighted by atomic mass is 16.5. The Morgan fingerprint density at radius 3 is 2.04 bits per heavy atom. The highest BCUT2D eigenvalue weighted by Gasteiger charge is 2.32. The third-order valence-electron chi connectivity index (χ3n) is 7.72. The molecule has 46 heavy (non-hydrogen) atoms. The molecule has 1 aliphatic rings. The van der Waals surface area contributed by atoms with Gasteiger partial charge in [0.25, 0.3) is 11.8 Å². The zero-order valence-electron chi connectivity index (χ0n) is 26.9. The number of ether oxygens (including phenoxy) is 4. The number of aliphatic hydroxyl groups excluding tert-OH is 2. The number of unbranched alkanes of at least 4 members (excludes halogenated alkanes) is 3. The van der Waals surface area contributed by atoms with E-state index >= 15 is 0 Å². The maximum atomic E-state index is 13.2. The van der Waals surface area contributed by atoms with Gasteiger partial charge in [-0.25, -0.2) is 0 Å². The lowest BCUT2D eigenvalue weighted by atomic mass is 10.1. The lowest BCUT2D eigenvalue weighted by Gasteiger charge is -2.24. The SMILES string of the molecule is C=C(CCCCO)CNC(=O)c1cc(OC)c(OCCCCCOc2cc(N)c(C(=O)N3CC(=C)C[C@H]3CO)cc2OC)cc1N. The number of carbonyl (C=O) groups excluding carboxylic acids is 2. The Hall–Kier alpha value is -4.42. The molecule has 0 saturated carbocycles. The standard InChI is InChI=1S/C34H48N4O8/c1-22(10-6-7-11-39)19-37-33(41)25-15-29(43-3)31(17-27(25)35)45-12-8-5-9-13-46-32-18-28(36)26(16-30(32)44-4)34(42)38-20-23(2)14-24(38)21-40/h15-18,24,39-40H,1-2,5-14,19-21,35-36H2,3-4H3,(H,37,41)/t24-/m0/s1. The summed E-state index contributed by atoms with van der Waals surface area (Å²) in [5.74, 6) is 1.05. The summed E-state index contributed by atoms with van der Waals surface area (Å²) in [6, 6.07) is 5.99. The van der Waals surface area contributed by atoms with Crippen LogP contribution in [0, 0.1) is 0 Å². The molecule has 2 amide bonds. The molecule has 12 heteroatoms. The van der Waals surface area contributed by atoms with Crippen LogP contribution in [0.25, 0.3) is 0 Å². The highest BCUT2D eigenvalue weighted by molar-refractivity contribution is 6.01. The van der Waals surface area contributed by atoms with Gasteiger partial charge in [0, 0.05) is 43.2 Å². The third kappa shape index (κ3) is 9.79. The quantitative estimate of drug-likeness (QED) is 0.0864. The van der Waals surface area contributed by atoms with Gasteiger partial charge >= 0.3 is 0 Å². The van der Waals surface area contributed by atoms with E-state index in [1.165, 1.54) is 14.2 Å². The van der Waals surface area contributed by atoms with Crippen molar-refractivity contribution < 1.29 is 38.7 Å². The molecular formula is C34H48N4O8. The van der Waals surface area contributed by atoms with Crippen molar-refractivity contribution in [1.82, 2.24) is 10.2 Å². The predicted octanol–water partition coefficient (Wildman–Crippen LogP) is 3.71. The number of carbonyl (C=O) groups is 2. The topological polar surface area (TPSA) is 179 Å². The minimum atomic E-state index is -0.335. The van der Waals surface area contributed by atoms with Crippen LogP contribution in [0.1, 0.15) is 65.7 Å². The number of nitrogen functional groups attached to an aromatic ring is 2. The van der Waals surface area contributed by atoms with Crippen LogP contribution in [-0.2, 0) is 0 Å². The Balaban J connectivity index is 1.46. The first-order valence-electron chi connectivity index (χ1n) is 15.5. The monoisotopic (exact) mass is 640 g/mol. The molecule has 3 rings (SSSR count). The second-order valence-corrected chi connectivity index (χ2v) is 11.3. The molecule has 1 fully saturated rings. The van der Waals surface area contributed by atoms with Gasteiger partial charge in [-0.1, -0.05) is 24.3 Å². The molecule has 0 bridgehead atoms. The second kappa shape index (κ2) is 17.9. The predicted molar refractivity (Wildman–Crippen MR) is 178 cm³/mol. The fourth-order valence-electron chi connectivity index (χ4n) is 5.13. The molecule has 7 N–H and O–H groups in total. The first-order chi connectivity index (χ1) is 22.1. The summed E-state index contributed by atoms with van der Waals surface area (Å²) in [7, 11) is 3.00. The van der Waals surface area contributed by atoms with Crippen molar-refractivity contribution in [2.75, 3.05) is 65.2 Å². The van der Waals surface area contributed by atoms with Gasteiger partial charge in [-0.3, -0.25) is 9.59 Å². The van der Waals surface area contributed by atoms with Gasteiger partial charge in [-0.2, -0.15) is 0 Å².